The molecule has 0 saturated carbocycles. The fourth-order valence-electron chi connectivity index (χ4n) is 4.38. The Morgan fingerprint density at radius 3 is 2.70 bits per heavy atom. The third-order valence-corrected chi connectivity index (χ3v) is 6.24. The first-order valence-electron chi connectivity index (χ1n) is 11.4. The van der Waals surface area contributed by atoms with Gasteiger partial charge in [-0.05, 0) is 60.2 Å². The quantitative estimate of drug-likeness (QED) is 0.311. The van der Waals surface area contributed by atoms with Crippen molar-refractivity contribution in [1.82, 2.24) is 30.2 Å². The highest BCUT2D eigenvalue weighted by atomic mass is 19.1. The molecule has 0 aliphatic heterocycles. The van der Waals surface area contributed by atoms with Crippen LogP contribution in [0, 0.1) is 12.7 Å². The van der Waals surface area contributed by atoms with Gasteiger partial charge in [-0.1, -0.05) is 18.2 Å². The fourth-order valence-corrected chi connectivity index (χ4v) is 4.38. The summed E-state index contributed by atoms with van der Waals surface area (Å²) in [7, 11) is 0. The van der Waals surface area contributed by atoms with Crippen molar-refractivity contribution < 1.29 is 23.9 Å². The number of rotatable bonds is 6. The molecule has 5 rings (SSSR count). The number of carboxylic acid groups (broad SMARTS) is 1. The Kier molecular flexibility index (Phi) is 5.99. The maximum Gasteiger partial charge on any atom is 0.335 e. The SMILES string of the molecule is Cc1cc(CNC(=O)c2cc(C(=O)N[C@H]3CCc4cc(C(=O)O)ccc43)nc3nc(N)nn23)ccc1F. The molecular formula is C25H22FN7O4. The summed E-state index contributed by atoms with van der Waals surface area (Å²) >= 11 is 0. The molecule has 5 N–H and O–H groups in total. The summed E-state index contributed by atoms with van der Waals surface area (Å²) in [5.74, 6) is -2.58. The molecule has 1 aliphatic rings. The maximum atomic E-state index is 13.6. The Morgan fingerprint density at radius 1 is 1.14 bits per heavy atom. The Hall–Kier alpha value is -4.87. The van der Waals surface area contributed by atoms with Crippen LogP contribution in [0.25, 0.3) is 5.78 Å². The first-order chi connectivity index (χ1) is 17.7. The van der Waals surface area contributed by atoms with Gasteiger partial charge in [0.15, 0.2) is 0 Å². The second-order valence-electron chi connectivity index (χ2n) is 8.76. The second-order valence-corrected chi connectivity index (χ2v) is 8.76. The van der Waals surface area contributed by atoms with Crippen molar-refractivity contribution in [3.8, 4) is 0 Å². The number of hydrogen-bond acceptors (Lipinski definition) is 7. The number of aryl methyl sites for hydroxylation is 2. The van der Waals surface area contributed by atoms with Crippen molar-refractivity contribution in [2.24, 2.45) is 0 Å². The number of nitrogens with two attached hydrogens (primary N) is 1. The van der Waals surface area contributed by atoms with Crippen LogP contribution >= 0.6 is 0 Å². The Balaban J connectivity index is 1.38. The molecule has 0 bridgehead atoms. The van der Waals surface area contributed by atoms with Crippen LogP contribution in [0.2, 0.25) is 0 Å². The number of nitrogens with one attached hydrogen (secondary N) is 2. The molecule has 1 aliphatic carbocycles. The highest BCUT2D eigenvalue weighted by Crippen LogP contribution is 2.32. The smallest absolute Gasteiger partial charge is 0.335 e. The largest absolute Gasteiger partial charge is 0.478 e. The fraction of sp³-hybridized carbons (Fsp3) is 0.200. The van der Waals surface area contributed by atoms with E-state index < -0.39 is 17.8 Å². The molecular weight excluding hydrogens is 481 g/mol. The van der Waals surface area contributed by atoms with Crippen LogP contribution in [0.5, 0.6) is 0 Å². The summed E-state index contributed by atoms with van der Waals surface area (Å²) in [5.41, 5.74) is 8.67. The van der Waals surface area contributed by atoms with Crippen molar-refractivity contribution in [3.63, 3.8) is 0 Å². The van der Waals surface area contributed by atoms with Crippen molar-refractivity contribution in [1.29, 1.82) is 0 Å². The predicted molar refractivity (Wildman–Crippen MR) is 129 cm³/mol. The number of anilines is 1. The minimum Gasteiger partial charge on any atom is -0.478 e. The van der Waals surface area contributed by atoms with Crippen molar-refractivity contribution in [3.05, 3.63) is 87.5 Å². The third kappa shape index (κ3) is 4.68. The lowest BCUT2D eigenvalue weighted by molar-refractivity contribution is 0.0696. The van der Waals surface area contributed by atoms with E-state index >= 15 is 0 Å². The van der Waals surface area contributed by atoms with Crippen LogP contribution < -0.4 is 16.4 Å². The molecule has 2 aromatic carbocycles. The van der Waals surface area contributed by atoms with Gasteiger partial charge in [-0.25, -0.2) is 14.2 Å². The number of aromatic carboxylic acids is 1. The monoisotopic (exact) mass is 503 g/mol. The molecule has 0 saturated heterocycles. The predicted octanol–water partition coefficient (Wildman–Crippen LogP) is 2.20. The van der Waals surface area contributed by atoms with Crippen LogP contribution in [0.1, 0.15) is 66.1 Å². The first-order valence-corrected chi connectivity index (χ1v) is 11.4. The number of carboxylic acids is 1. The van der Waals surface area contributed by atoms with Crippen LogP contribution in [-0.4, -0.2) is 42.5 Å². The van der Waals surface area contributed by atoms with E-state index in [1.165, 1.54) is 18.2 Å². The molecule has 2 aromatic heterocycles. The van der Waals surface area contributed by atoms with Gasteiger partial charge in [0.2, 0.25) is 5.95 Å². The molecule has 2 amide bonds. The zero-order chi connectivity index (χ0) is 26.3. The number of carbonyl (C=O) groups excluding carboxylic acids is 2. The normalized spacial score (nSPS) is 14.4. The summed E-state index contributed by atoms with van der Waals surface area (Å²) in [4.78, 5) is 45.6. The zero-order valence-electron chi connectivity index (χ0n) is 19.7. The average molecular weight is 503 g/mol. The third-order valence-electron chi connectivity index (χ3n) is 6.24. The molecule has 37 heavy (non-hydrogen) atoms. The van der Waals surface area contributed by atoms with Crippen molar-refractivity contribution in [2.45, 2.75) is 32.4 Å². The van der Waals surface area contributed by atoms with E-state index in [-0.39, 0.29) is 47.1 Å². The highest BCUT2D eigenvalue weighted by molar-refractivity contribution is 5.98. The number of fused-ring (bicyclic) bond motifs is 2. The van der Waals surface area contributed by atoms with Crippen LogP contribution in [-0.2, 0) is 13.0 Å². The van der Waals surface area contributed by atoms with Gasteiger partial charge in [0, 0.05) is 12.6 Å². The summed E-state index contributed by atoms with van der Waals surface area (Å²) in [6.07, 6.45) is 1.21. The standard InChI is InChI=1S/C25H22FN7O4/c1-12-8-13(2-6-17(12)26)11-28-22(35)20-10-19(30-25-31-24(27)32-33(20)25)21(34)29-18-7-4-14-9-15(23(36)37)3-5-16(14)18/h2-3,5-6,8-10,18H,4,7,11H2,1H3,(H2,27,32)(H,28,35)(H,29,34)(H,36,37)/t18-/m0/s1. The van der Waals surface area contributed by atoms with E-state index in [1.807, 2.05) is 0 Å². The summed E-state index contributed by atoms with van der Waals surface area (Å²) in [6, 6.07) is 10.3. The van der Waals surface area contributed by atoms with Gasteiger partial charge >= 0.3 is 5.97 Å². The van der Waals surface area contributed by atoms with E-state index in [9.17, 15) is 23.9 Å². The number of halogens is 1. The van der Waals surface area contributed by atoms with Gasteiger partial charge in [0.05, 0.1) is 11.6 Å². The molecule has 11 nitrogen and oxygen atoms in total. The molecule has 0 unspecified atom stereocenters. The number of carbonyl (C=O) groups is 3. The van der Waals surface area contributed by atoms with Gasteiger partial charge in [0.25, 0.3) is 17.6 Å². The number of aromatic nitrogens is 4. The number of hydrogen-bond donors (Lipinski definition) is 4. The van der Waals surface area contributed by atoms with Crippen molar-refractivity contribution in [2.75, 3.05) is 5.73 Å². The minimum absolute atomic E-state index is 0.00361. The lowest BCUT2D eigenvalue weighted by Crippen LogP contribution is -2.30. The Bertz CT molecular complexity index is 1580. The number of nitrogen functional groups attached to an aromatic ring is 1. The van der Waals surface area contributed by atoms with Gasteiger partial charge < -0.3 is 21.5 Å². The van der Waals surface area contributed by atoms with Crippen LogP contribution in [0.4, 0.5) is 10.3 Å². The lowest BCUT2D eigenvalue weighted by Gasteiger charge is -2.15. The molecule has 0 spiro atoms. The zero-order valence-corrected chi connectivity index (χ0v) is 19.7. The molecule has 12 heteroatoms. The van der Waals surface area contributed by atoms with Gasteiger partial charge in [-0.3, -0.25) is 9.59 Å². The number of amides is 2. The summed E-state index contributed by atoms with van der Waals surface area (Å²) in [6.45, 7) is 1.75. The van der Waals surface area contributed by atoms with Gasteiger partial charge in [-0.2, -0.15) is 9.50 Å². The van der Waals surface area contributed by atoms with Gasteiger partial charge in [0.1, 0.15) is 17.2 Å². The summed E-state index contributed by atoms with van der Waals surface area (Å²) in [5, 5.41) is 18.8. The van der Waals surface area contributed by atoms with E-state index in [0.29, 0.717) is 24.0 Å². The molecule has 0 radical (unpaired) electrons. The second kappa shape index (κ2) is 9.30. The molecule has 0 fully saturated rings. The van der Waals surface area contributed by atoms with Crippen LogP contribution in [0.15, 0.2) is 42.5 Å². The summed E-state index contributed by atoms with van der Waals surface area (Å²) < 4.78 is 14.7. The number of benzene rings is 2. The molecule has 4 aromatic rings. The average Bonchev–Trinajstić information content (AvgIpc) is 3.45. The molecule has 1 atom stereocenters. The van der Waals surface area contributed by atoms with Crippen LogP contribution in [0.3, 0.4) is 0 Å². The number of nitrogens with zero attached hydrogens (tertiary/aromatic N) is 4. The topological polar surface area (TPSA) is 165 Å². The Morgan fingerprint density at radius 2 is 1.95 bits per heavy atom. The maximum absolute atomic E-state index is 13.6. The van der Waals surface area contributed by atoms with E-state index in [2.05, 4.69) is 25.7 Å². The van der Waals surface area contributed by atoms with Gasteiger partial charge in [-0.15, -0.1) is 5.10 Å². The first kappa shape index (κ1) is 23.9. The Labute approximate surface area is 209 Å². The highest BCUT2D eigenvalue weighted by Gasteiger charge is 2.27. The van der Waals surface area contributed by atoms with Crippen molar-refractivity contribution >= 4 is 29.5 Å². The van der Waals surface area contributed by atoms with E-state index in [1.54, 1.807) is 31.2 Å². The van der Waals surface area contributed by atoms with E-state index in [0.717, 1.165) is 15.6 Å². The molecule has 188 valence electrons. The lowest BCUT2D eigenvalue weighted by atomic mass is 10.0. The minimum atomic E-state index is -1.01. The molecule has 2 heterocycles. The van der Waals surface area contributed by atoms with E-state index in [4.69, 9.17) is 5.73 Å².